The first kappa shape index (κ1) is 23.3. The summed E-state index contributed by atoms with van der Waals surface area (Å²) in [6.45, 7) is 6.15. The molecule has 2 aromatic rings. The lowest BCUT2D eigenvalue weighted by atomic mass is 10.1. The summed E-state index contributed by atoms with van der Waals surface area (Å²) in [4.78, 5) is 38.3. The van der Waals surface area contributed by atoms with E-state index in [4.69, 9.17) is 9.47 Å². The number of ether oxygens (including phenoxy) is 2. The molecule has 3 rings (SSSR count). The van der Waals surface area contributed by atoms with Gasteiger partial charge in [-0.3, -0.25) is 9.59 Å². The number of hydrogen-bond acceptors (Lipinski definition) is 5. The highest BCUT2D eigenvalue weighted by molar-refractivity contribution is 9.10. The van der Waals surface area contributed by atoms with Crippen molar-refractivity contribution < 1.29 is 23.9 Å². The molecule has 0 atom stereocenters. The fourth-order valence-electron chi connectivity index (χ4n) is 3.14. The molecule has 1 aliphatic heterocycles. The molecular formula is C23H24BrN3O5. The van der Waals surface area contributed by atoms with Gasteiger partial charge in [-0.15, -0.1) is 0 Å². The number of imide groups is 1. The number of amides is 4. The van der Waals surface area contributed by atoms with Gasteiger partial charge in [0.1, 0.15) is 12.2 Å². The van der Waals surface area contributed by atoms with Gasteiger partial charge in [-0.25, -0.2) is 9.69 Å². The number of rotatable bonds is 8. The number of nitrogens with zero attached hydrogens (tertiary/aromatic N) is 1. The summed E-state index contributed by atoms with van der Waals surface area (Å²) >= 11 is 3.46. The monoisotopic (exact) mass is 501 g/mol. The molecule has 2 N–H and O–H groups in total. The van der Waals surface area contributed by atoms with E-state index in [2.05, 4.69) is 26.6 Å². The summed E-state index contributed by atoms with van der Waals surface area (Å²) in [5.74, 6) is 0.0320. The van der Waals surface area contributed by atoms with E-state index in [1.54, 1.807) is 24.3 Å². The lowest BCUT2D eigenvalue weighted by Gasteiger charge is -2.13. The number of carbonyl (C=O) groups is 3. The van der Waals surface area contributed by atoms with Gasteiger partial charge in [-0.05, 0) is 62.2 Å². The first-order valence-corrected chi connectivity index (χ1v) is 10.9. The molecule has 0 unspecified atom stereocenters. The van der Waals surface area contributed by atoms with Crippen LogP contribution >= 0.6 is 15.9 Å². The van der Waals surface area contributed by atoms with Crippen LogP contribution in [0.3, 0.4) is 0 Å². The van der Waals surface area contributed by atoms with Crippen LogP contribution < -0.4 is 20.1 Å². The van der Waals surface area contributed by atoms with E-state index in [-0.39, 0.29) is 5.70 Å². The summed E-state index contributed by atoms with van der Waals surface area (Å²) in [6.07, 6.45) is 1.53. The second-order valence-electron chi connectivity index (χ2n) is 6.98. The molecule has 1 saturated heterocycles. The summed E-state index contributed by atoms with van der Waals surface area (Å²) < 4.78 is 11.9. The van der Waals surface area contributed by atoms with Crippen LogP contribution in [0.5, 0.6) is 11.5 Å². The average Bonchev–Trinajstić information content (AvgIpc) is 2.99. The molecular weight excluding hydrogens is 478 g/mol. The van der Waals surface area contributed by atoms with Crippen LogP contribution in [0.1, 0.15) is 25.0 Å². The maximum absolute atomic E-state index is 12.8. The minimum Gasteiger partial charge on any atom is -0.490 e. The molecule has 0 aliphatic carbocycles. The highest BCUT2D eigenvalue weighted by Gasteiger charge is 2.35. The van der Waals surface area contributed by atoms with E-state index < -0.39 is 24.4 Å². The zero-order chi connectivity index (χ0) is 23.3. The first-order valence-electron chi connectivity index (χ1n) is 10.1. The van der Waals surface area contributed by atoms with Crippen LogP contribution in [-0.4, -0.2) is 42.5 Å². The molecule has 0 saturated carbocycles. The Morgan fingerprint density at radius 2 is 1.81 bits per heavy atom. The van der Waals surface area contributed by atoms with Crippen molar-refractivity contribution in [2.45, 2.75) is 20.8 Å². The molecule has 168 valence electrons. The van der Waals surface area contributed by atoms with E-state index in [1.165, 1.54) is 6.08 Å². The Labute approximate surface area is 194 Å². The van der Waals surface area contributed by atoms with Crippen molar-refractivity contribution in [2.24, 2.45) is 0 Å². The number of hydrogen-bond donors (Lipinski definition) is 2. The molecule has 0 radical (unpaired) electrons. The van der Waals surface area contributed by atoms with Crippen LogP contribution in [0.2, 0.25) is 0 Å². The largest absolute Gasteiger partial charge is 0.490 e. The molecule has 1 heterocycles. The average molecular weight is 502 g/mol. The van der Waals surface area contributed by atoms with Crippen molar-refractivity contribution in [3.05, 3.63) is 57.7 Å². The number of aryl methyl sites for hydroxylation is 1. The number of benzene rings is 2. The van der Waals surface area contributed by atoms with E-state index >= 15 is 0 Å². The van der Waals surface area contributed by atoms with E-state index in [1.807, 2.05) is 32.9 Å². The number of nitrogens with one attached hydrogen (secondary N) is 2. The number of carbonyl (C=O) groups excluding carboxylic acids is 3. The predicted molar refractivity (Wildman–Crippen MR) is 125 cm³/mol. The molecule has 8 nitrogen and oxygen atoms in total. The lowest BCUT2D eigenvalue weighted by Crippen LogP contribution is -2.38. The molecule has 4 amide bonds. The summed E-state index contributed by atoms with van der Waals surface area (Å²) in [7, 11) is 0. The van der Waals surface area contributed by atoms with Crippen molar-refractivity contribution >= 4 is 45.5 Å². The molecule has 0 spiro atoms. The van der Waals surface area contributed by atoms with Gasteiger partial charge in [-0.1, -0.05) is 28.1 Å². The highest BCUT2D eigenvalue weighted by Crippen LogP contribution is 2.35. The van der Waals surface area contributed by atoms with Gasteiger partial charge >= 0.3 is 6.03 Å². The zero-order valence-electron chi connectivity index (χ0n) is 18.0. The van der Waals surface area contributed by atoms with Crippen molar-refractivity contribution in [1.29, 1.82) is 0 Å². The Morgan fingerprint density at radius 3 is 2.47 bits per heavy atom. The Hall–Kier alpha value is -3.33. The van der Waals surface area contributed by atoms with Crippen LogP contribution in [0.4, 0.5) is 10.5 Å². The Morgan fingerprint density at radius 1 is 1.12 bits per heavy atom. The third kappa shape index (κ3) is 5.47. The van der Waals surface area contributed by atoms with E-state index in [0.29, 0.717) is 40.4 Å². The van der Waals surface area contributed by atoms with Crippen LogP contribution in [0, 0.1) is 6.92 Å². The molecule has 1 aliphatic rings. The molecule has 0 bridgehead atoms. The van der Waals surface area contributed by atoms with Crippen molar-refractivity contribution in [3.63, 3.8) is 0 Å². The maximum atomic E-state index is 12.8. The van der Waals surface area contributed by atoms with E-state index in [9.17, 15) is 14.4 Å². The fourth-order valence-corrected chi connectivity index (χ4v) is 3.57. The normalized spacial score (nSPS) is 14.5. The highest BCUT2D eigenvalue weighted by atomic mass is 79.9. The zero-order valence-corrected chi connectivity index (χ0v) is 19.6. The van der Waals surface area contributed by atoms with Gasteiger partial charge in [0.05, 0.1) is 13.2 Å². The van der Waals surface area contributed by atoms with Crippen molar-refractivity contribution in [2.75, 3.05) is 25.1 Å². The van der Waals surface area contributed by atoms with Gasteiger partial charge in [0.25, 0.3) is 5.91 Å². The molecule has 0 aromatic heterocycles. The van der Waals surface area contributed by atoms with Crippen LogP contribution in [0.25, 0.3) is 6.08 Å². The molecule has 9 heteroatoms. The summed E-state index contributed by atoms with van der Waals surface area (Å²) in [6, 6.07) is 10.1. The first-order chi connectivity index (χ1) is 15.3. The second kappa shape index (κ2) is 10.3. The van der Waals surface area contributed by atoms with Crippen LogP contribution in [-0.2, 0) is 9.59 Å². The topological polar surface area (TPSA) is 97.0 Å². The van der Waals surface area contributed by atoms with Gasteiger partial charge < -0.3 is 20.1 Å². The van der Waals surface area contributed by atoms with Crippen molar-refractivity contribution in [3.8, 4) is 11.5 Å². The summed E-state index contributed by atoms with van der Waals surface area (Å²) in [5.41, 5.74) is 2.26. The lowest BCUT2D eigenvalue weighted by molar-refractivity contribution is -0.127. The maximum Gasteiger partial charge on any atom is 0.329 e. The second-order valence-corrected chi connectivity index (χ2v) is 7.84. The Bertz CT molecular complexity index is 1080. The number of anilines is 1. The van der Waals surface area contributed by atoms with E-state index in [0.717, 1.165) is 10.5 Å². The minimum atomic E-state index is -0.660. The molecule has 32 heavy (non-hydrogen) atoms. The quantitative estimate of drug-likeness (QED) is 0.419. The predicted octanol–water partition coefficient (Wildman–Crippen LogP) is 4.09. The number of halogens is 1. The number of urea groups is 1. The summed E-state index contributed by atoms with van der Waals surface area (Å²) in [5, 5.41) is 5.22. The van der Waals surface area contributed by atoms with Gasteiger partial charge in [0, 0.05) is 10.2 Å². The molecule has 1 fully saturated rings. The van der Waals surface area contributed by atoms with Crippen LogP contribution in [0.15, 0.2) is 46.6 Å². The smallest absolute Gasteiger partial charge is 0.329 e. The SMILES string of the molecule is CCOc1cc(Br)c(/C=C2/NC(=O)N(CC(=O)Nc3cccc(C)c3)C2=O)cc1OCC. The van der Waals surface area contributed by atoms with Gasteiger partial charge in [0.2, 0.25) is 5.91 Å². The molecule has 2 aromatic carbocycles. The third-order valence-corrected chi connectivity index (χ3v) is 5.22. The van der Waals surface area contributed by atoms with Crippen molar-refractivity contribution in [1.82, 2.24) is 10.2 Å². The minimum absolute atomic E-state index is 0.0608. The van der Waals surface area contributed by atoms with Gasteiger partial charge in [0.15, 0.2) is 11.5 Å². The fraction of sp³-hybridized carbons (Fsp3) is 0.261. The third-order valence-electron chi connectivity index (χ3n) is 4.53. The standard InChI is InChI=1S/C23H24BrN3O5/c1-4-31-19-11-15(17(24)12-20(19)32-5-2)10-18-22(29)27(23(30)26-18)13-21(28)25-16-8-6-7-14(3)9-16/h6-12H,4-5,13H2,1-3H3,(H,25,28)(H,26,30)/b18-10+. The Kier molecular flexibility index (Phi) is 7.53. The Balaban J connectivity index is 1.77. The van der Waals surface area contributed by atoms with Gasteiger partial charge in [-0.2, -0.15) is 0 Å².